The third kappa shape index (κ3) is 3.28. The van der Waals surface area contributed by atoms with Crippen molar-refractivity contribution in [1.29, 1.82) is 0 Å². The maximum atomic E-state index is 13.6. The first-order chi connectivity index (χ1) is 10.0. The Hall–Kier alpha value is -0.740. The van der Waals surface area contributed by atoms with Gasteiger partial charge in [0.05, 0.1) is 10.5 Å². The van der Waals surface area contributed by atoms with Gasteiger partial charge in [-0.1, -0.05) is 32.3 Å². The zero-order valence-corrected chi connectivity index (χ0v) is 14.2. The number of rotatable bonds is 3. The summed E-state index contributed by atoms with van der Waals surface area (Å²) < 4.78 is 41.4. The third-order valence-electron chi connectivity index (χ3n) is 4.36. The SMILES string of the molecule is CCCc1ccc2cc(C3CCCC3)[s+](C(F)(F)F)c2c1.Cl. The van der Waals surface area contributed by atoms with Crippen molar-refractivity contribution in [3.8, 4) is 0 Å². The standard InChI is InChI=1S/C17H20F3S.ClH/c1-2-5-12-8-9-14-11-16(13-6-3-4-7-13)21(15(14)10-12)17(18,19)20;/h8-11,13H,2-7H2,1H3;1H/q+1;. The molecule has 0 nitrogen and oxygen atoms in total. The number of benzene rings is 1. The van der Waals surface area contributed by atoms with Gasteiger partial charge in [0.2, 0.25) is 0 Å². The van der Waals surface area contributed by atoms with Crippen molar-refractivity contribution in [2.24, 2.45) is 0 Å². The van der Waals surface area contributed by atoms with Gasteiger partial charge < -0.3 is 0 Å². The highest BCUT2D eigenvalue weighted by Crippen LogP contribution is 2.55. The summed E-state index contributed by atoms with van der Waals surface area (Å²) in [6, 6.07) is 7.49. The summed E-state index contributed by atoms with van der Waals surface area (Å²) in [7, 11) is -1.70. The Morgan fingerprint density at radius 3 is 2.41 bits per heavy atom. The van der Waals surface area contributed by atoms with Crippen LogP contribution in [-0.2, 0) is 11.9 Å². The largest absolute Gasteiger partial charge is 0.600 e. The zero-order chi connectivity index (χ0) is 15.0. The van der Waals surface area contributed by atoms with E-state index in [9.17, 15) is 13.2 Å². The smallest absolute Gasteiger partial charge is 0.147 e. The van der Waals surface area contributed by atoms with Crippen LogP contribution in [0.3, 0.4) is 0 Å². The lowest BCUT2D eigenvalue weighted by atomic mass is 10.1. The molecule has 1 aromatic heterocycles. The molecule has 1 aromatic carbocycles. The van der Waals surface area contributed by atoms with Gasteiger partial charge in [0.15, 0.2) is 9.58 Å². The molecule has 0 saturated heterocycles. The molecule has 122 valence electrons. The Bertz CT molecular complexity index is 639. The molecule has 0 spiro atoms. The normalized spacial score (nSPS) is 17.0. The first-order valence-corrected chi connectivity index (χ1v) is 8.89. The summed E-state index contributed by atoms with van der Waals surface area (Å²) in [5.74, 6) is 0.136. The molecule has 0 radical (unpaired) electrons. The fourth-order valence-corrected chi connectivity index (χ4v) is 5.63. The molecule has 1 atom stereocenters. The highest BCUT2D eigenvalue weighted by atomic mass is 35.5. The molecule has 0 amide bonds. The van der Waals surface area contributed by atoms with E-state index in [4.69, 9.17) is 0 Å². The molecule has 1 unspecified atom stereocenters. The van der Waals surface area contributed by atoms with Crippen LogP contribution >= 0.6 is 22.9 Å². The topological polar surface area (TPSA) is 0 Å². The molecule has 5 heteroatoms. The van der Waals surface area contributed by atoms with E-state index in [1.165, 1.54) is 0 Å². The van der Waals surface area contributed by atoms with Gasteiger partial charge in [-0.3, -0.25) is 0 Å². The van der Waals surface area contributed by atoms with Crippen molar-refractivity contribution < 1.29 is 13.2 Å². The third-order valence-corrected chi connectivity index (χ3v) is 6.54. The molecular formula is C17H21ClF3S+. The highest BCUT2D eigenvalue weighted by Gasteiger charge is 2.49. The Morgan fingerprint density at radius 1 is 1.14 bits per heavy atom. The van der Waals surface area contributed by atoms with E-state index < -0.39 is 16.0 Å². The molecule has 1 aliphatic rings. The van der Waals surface area contributed by atoms with E-state index in [0.29, 0.717) is 9.58 Å². The van der Waals surface area contributed by atoms with Gasteiger partial charge in [-0.05, 0) is 30.9 Å². The zero-order valence-electron chi connectivity index (χ0n) is 12.6. The van der Waals surface area contributed by atoms with Crippen molar-refractivity contribution in [2.75, 3.05) is 0 Å². The number of hydrogen-bond donors (Lipinski definition) is 0. The van der Waals surface area contributed by atoms with Crippen molar-refractivity contribution in [1.82, 2.24) is 0 Å². The summed E-state index contributed by atoms with van der Waals surface area (Å²) in [6.07, 6.45) is 5.77. The minimum Gasteiger partial charge on any atom is -0.147 e. The Kier molecular flexibility index (Phi) is 5.44. The summed E-state index contributed by atoms with van der Waals surface area (Å²) in [4.78, 5) is 0.642. The maximum absolute atomic E-state index is 13.6. The Labute approximate surface area is 138 Å². The lowest BCUT2D eigenvalue weighted by molar-refractivity contribution is -0.0868. The van der Waals surface area contributed by atoms with Crippen LogP contribution in [0.5, 0.6) is 0 Å². The molecule has 22 heavy (non-hydrogen) atoms. The maximum Gasteiger partial charge on any atom is 0.600 e. The average Bonchev–Trinajstić information content (AvgIpc) is 3.04. The first-order valence-electron chi connectivity index (χ1n) is 7.66. The van der Waals surface area contributed by atoms with Gasteiger partial charge in [0, 0.05) is 23.4 Å². The van der Waals surface area contributed by atoms with Crippen LogP contribution in [0, 0.1) is 0 Å². The van der Waals surface area contributed by atoms with Crippen molar-refractivity contribution >= 4 is 33.0 Å². The number of aryl methyl sites for hydroxylation is 1. The first kappa shape index (κ1) is 17.6. The second-order valence-corrected chi connectivity index (χ2v) is 7.89. The van der Waals surface area contributed by atoms with Crippen LogP contribution < -0.4 is 0 Å². The van der Waals surface area contributed by atoms with Gasteiger partial charge in [-0.15, -0.1) is 25.6 Å². The fraction of sp³-hybridized carbons (Fsp3) is 0.529. The highest BCUT2D eigenvalue weighted by molar-refractivity contribution is 7.38. The minimum absolute atomic E-state index is 0. The van der Waals surface area contributed by atoms with Crippen LogP contribution in [0.4, 0.5) is 13.2 Å². The van der Waals surface area contributed by atoms with E-state index in [2.05, 4.69) is 6.92 Å². The molecule has 3 rings (SSSR count). The lowest BCUT2D eigenvalue weighted by Crippen LogP contribution is -2.00. The van der Waals surface area contributed by atoms with Crippen LogP contribution in [0.2, 0.25) is 0 Å². The van der Waals surface area contributed by atoms with E-state index in [1.807, 2.05) is 18.2 Å². The summed E-state index contributed by atoms with van der Waals surface area (Å²) >= 11 is 0. The molecule has 0 aliphatic heterocycles. The molecule has 1 heterocycles. The van der Waals surface area contributed by atoms with Crippen molar-refractivity contribution in [2.45, 2.75) is 56.9 Å². The predicted molar refractivity (Wildman–Crippen MR) is 90.2 cm³/mol. The average molecular weight is 350 g/mol. The van der Waals surface area contributed by atoms with Crippen LogP contribution in [-0.4, -0.2) is 0 Å². The summed E-state index contributed by atoms with van der Waals surface area (Å²) in [5, 5.41) is 0.789. The van der Waals surface area contributed by atoms with Gasteiger partial charge in [-0.2, -0.15) is 0 Å². The molecule has 1 aliphatic carbocycles. The van der Waals surface area contributed by atoms with Crippen LogP contribution in [0.25, 0.3) is 10.1 Å². The van der Waals surface area contributed by atoms with E-state index in [1.54, 1.807) is 6.07 Å². The van der Waals surface area contributed by atoms with Crippen molar-refractivity contribution in [3.05, 3.63) is 34.7 Å². The molecular weight excluding hydrogens is 329 g/mol. The predicted octanol–water partition coefficient (Wildman–Crippen LogP) is 7.10. The second kappa shape index (κ2) is 6.79. The monoisotopic (exact) mass is 349 g/mol. The number of fused-ring (bicyclic) bond motifs is 1. The van der Waals surface area contributed by atoms with Crippen molar-refractivity contribution in [3.63, 3.8) is 0 Å². The minimum atomic E-state index is -4.15. The fourth-order valence-electron chi connectivity index (χ4n) is 3.41. The van der Waals surface area contributed by atoms with Crippen LogP contribution in [0.15, 0.2) is 24.3 Å². The molecule has 1 saturated carbocycles. The Morgan fingerprint density at radius 2 is 1.82 bits per heavy atom. The van der Waals surface area contributed by atoms with E-state index in [-0.39, 0.29) is 18.3 Å². The van der Waals surface area contributed by atoms with Gasteiger partial charge in [0.25, 0.3) is 0 Å². The molecule has 2 aromatic rings. The van der Waals surface area contributed by atoms with E-state index >= 15 is 0 Å². The van der Waals surface area contributed by atoms with Gasteiger partial charge in [-0.25, -0.2) is 0 Å². The number of alkyl halides is 3. The summed E-state index contributed by atoms with van der Waals surface area (Å²) in [5.41, 5.74) is -3.12. The molecule has 0 bridgehead atoms. The van der Waals surface area contributed by atoms with E-state index in [0.717, 1.165) is 49.5 Å². The second-order valence-electron chi connectivity index (χ2n) is 5.90. The molecule has 0 N–H and O–H groups in total. The number of hydrogen-bond acceptors (Lipinski definition) is 0. The number of halogens is 4. The van der Waals surface area contributed by atoms with Gasteiger partial charge in [0.1, 0.15) is 0 Å². The lowest BCUT2D eigenvalue weighted by Gasteiger charge is -2.05. The Balaban J connectivity index is 0.00000176. The van der Waals surface area contributed by atoms with Crippen LogP contribution in [0.1, 0.15) is 55.4 Å². The quantitative estimate of drug-likeness (QED) is 0.518. The number of thiophene rings is 1. The van der Waals surface area contributed by atoms with Gasteiger partial charge >= 0.3 is 5.51 Å². The summed E-state index contributed by atoms with van der Waals surface area (Å²) in [6.45, 7) is 2.05. The molecule has 1 fully saturated rings.